The van der Waals surface area contributed by atoms with Gasteiger partial charge in [-0.1, -0.05) is 38.1 Å². The van der Waals surface area contributed by atoms with E-state index in [0.29, 0.717) is 19.5 Å². The summed E-state index contributed by atoms with van der Waals surface area (Å²) in [5.41, 5.74) is 7.53. The SMILES string of the molecule is CCc1cccc(CNC(=O)CN(C(C)=O)C(CC)CCCNC(=O)CN)c1. The molecule has 0 radical (unpaired) electrons. The highest BCUT2D eigenvalue weighted by Crippen LogP contribution is 2.12. The fourth-order valence-electron chi connectivity index (χ4n) is 3.09. The van der Waals surface area contributed by atoms with E-state index in [9.17, 15) is 14.4 Å². The second-order valence-electron chi connectivity index (χ2n) is 6.86. The first-order valence-corrected chi connectivity index (χ1v) is 9.99. The van der Waals surface area contributed by atoms with E-state index in [4.69, 9.17) is 5.73 Å². The molecule has 0 fully saturated rings. The zero-order valence-electron chi connectivity index (χ0n) is 17.3. The van der Waals surface area contributed by atoms with Gasteiger partial charge in [0.15, 0.2) is 0 Å². The second kappa shape index (κ2) is 12.9. The number of aryl methyl sites for hydroxylation is 1. The van der Waals surface area contributed by atoms with E-state index in [1.54, 1.807) is 4.90 Å². The zero-order valence-corrected chi connectivity index (χ0v) is 17.3. The van der Waals surface area contributed by atoms with Gasteiger partial charge in [0.2, 0.25) is 17.7 Å². The number of hydrogen-bond acceptors (Lipinski definition) is 4. The third kappa shape index (κ3) is 8.52. The third-order valence-electron chi connectivity index (χ3n) is 4.74. The first-order valence-electron chi connectivity index (χ1n) is 9.99. The number of amides is 3. The molecule has 1 atom stereocenters. The molecule has 1 unspecified atom stereocenters. The lowest BCUT2D eigenvalue weighted by atomic mass is 10.1. The van der Waals surface area contributed by atoms with E-state index in [2.05, 4.69) is 29.7 Å². The van der Waals surface area contributed by atoms with Gasteiger partial charge < -0.3 is 21.3 Å². The number of benzene rings is 1. The van der Waals surface area contributed by atoms with E-state index < -0.39 is 0 Å². The van der Waals surface area contributed by atoms with Crippen LogP contribution >= 0.6 is 0 Å². The first kappa shape index (κ1) is 23.6. The van der Waals surface area contributed by atoms with Crippen LogP contribution in [0.3, 0.4) is 0 Å². The van der Waals surface area contributed by atoms with Gasteiger partial charge in [0.05, 0.1) is 13.1 Å². The smallest absolute Gasteiger partial charge is 0.239 e. The average Bonchev–Trinajstić information content (AvgIpc) is 2.70. The van der Waals surface area contributed by atoms with Crippen LogP contribution in [0, 0.1) is 0 Å². The van der Waals surface area contributed by atoms with Gasteiger partial charge in [-0.15, -0.1) is 0 Å². The molecule has 28 heavy (non-hydrogen) atoms. The molecule has 0 aromatic heterocycles. The van der Waals surface area contributed by atoms with E-state index in [-0.39, 0.29) is 36.9 Å². The van der Waals surface area contributed by atoms with Crippen LogP contribution in [0.5, 0.6) is 0 Å². The fraction of sp³-hybridized carbons (Fsp3) is 0.571. The van der Waals surface area contributed by atoms with Crippen molar-refractivity contribution in [3.8, 4) is 0 Å². The van der Waals surface area contributed by atoms with Gasteiger partial charge in [-0.3, -0.25) is 14.4 Å². The van der Waals surface area contributed by atoms with Gasteiger partial charge in [-0.05, 0) is 36.8 Å². The second-order valence-corrected chi connectivity index (χ2v) is 6.86. The molecule has 0 bridgehead atoms. The summed E-state index contributed by atoms with van der Waals surface area (Å²) in [6.45, 7) is 6.53. The van der Waals surface area contributed by atoms with E-state index >= 15 is 0 Å². The molecule has 7 heteroatoms. The third-order valence-corrected chi connectivity index (χ3v) is 4.74. The van der Waals surface area contributed by atoms with Gasteiger partial charge in [0.25, 0.3) is 0 Å². The quantitative estimate of drug-likeness (QED) is 0.469. The Bertz CT molecular complexity index is 648. The molecular weight excluding hydrogens is 356 g/mol. The summed E-state index contributed by atoms with van der Waals surface area (Å²) < 4.78 is 0. The van der Waals surface area contributed by atoms with Crippen LogP contribution in [0.2, 0.25) is 0 Å². The molecule has 0 spiro atoms. The predicted octanol–water partition coefficient (Wildman–Crippen LogP) is 1.35. The number of carbonyl (C=O) groups excluding carboxylic acids is 3. The standard InChI is InChI=1S/C21H34N4O3/c1-4-17-8-6-9-18(12-17)14-24-21(28)15-25(16(3)26)19(5-2)10-7-11-23-20(27)13-22/h6,8-9,12,19H,4-5,7,10-11,13-15,22H2,1-3H3,(H,23,27)(H,24,28). The van der Waals surface area contributed by atoms with Crippen molar-refractivity contribution in [1.82, 2.24) is 15.5 Å². The summed E-state index contributed by atoms with van der Waals surface area (Å²) in [6, 6.07) is 8.06. The Labute approximate surface area is 168 Å². The van der Waals surface area contributed by atoms with Crippen molar-refractivity contribution in [2.45, 2.75) is 59.0 Å². The molecule has 1 aromatic rings. The van der Waals surface area contributed by atoms with Crippen LogP contribution in [0.1, 0.15) is 51.2 Å². The Hall–Kier alpha value is -2.41. The minimum Gasteiger partial charge on any atom is -0.355 e. The van der Waals surface area contributed by atoms with E-state index in [1.165, 1.54) is 12.5 Å². The van der Waals surface area contributed by atoms with E-state index in [0.717, 1.165) is 24.8 Å². The van der Waals surface area contributed by atoms with Crippen LogP contribution in [0.25, 0.3) is 0 Å². The van der Waals surface area contributed by atoms with Crippen LogP contribution in [-0.2, 0) is 27.3 Å². The Morgan fingerprint density at radius 1 is 1.11 bits per heavy atom. The summed E-state index contributed by atoms with van der Waals surface area (Å²) in [4.78, 5) is 37.3. The zero-order chi connectivity index (χ0) is 20.9. The average molecular weight is 391 g/mol. The number of nitrogens with two attached hydrogens (primary N) is 1. The number of hydrogen-bond donors (Lipinski definition) is 3. The van der Waals surface area contributed by atoms with Crippen molar-refractivity contribution in [2.24, 2.45) is 5.73 Å². The van der Waals surface area contributed by atoms with Gasteiger partial charge in [0.1, 0.15) is 0 Å². The number of nitrogens with zero attached hydrogens (tertiary/aromatic N) is 1. The Morgan fingerprint density at radius 3 is 2.43 bits per heavy atom. The minimum atomic E-state index is -0.192. The van der Waals surface area contributed by atoms with Crippen molar-refractivity contribution < 1.29 is 14.4 Å². The van der Waals surface area contributed by atoms with Gasteiger partial charge in [-0.25, -0.2) is 0 Å². The number of rotatable bonds is 12. The Morgan fingerprint density at radius 2 is 1.82 bits per heavy atom. The molecule has 0 saturated heterocycles. The molecular formula is C21H34N4O3. The lowest BCUT2D eigenvalue weighted by Gasteiger charge is -2.30. The monoisotopic (exact) mass is 390 g/mol. The van der Waals surface area contributed by atoms with Crippen LogP contribution < -0.4 is 16.4 Å². The maximum absolute atomic E-state index is 12.4. The van der Waals surface area contributed by atoms with Crippen molar-refractivity contribution in [3.05, 3.63) is 35.4 Å². The van der Waals surface area contributed by atoms with Crippen molar-refractivity contribution in [1.29, 1.82) is 0 Å². The van der Waals surface area contributed by atoms with Gasteiger partial charge >= 0.3 is 0 Å². The normalized spacial score (nSPS) is 11.6. The number of nitrogens with one attached hydrogen (secondary N) is 2. The summed E-state index contributed by atoms with van der Waals surface area (Å²) in [5, 5.41) is 5.62. The lowest BCUT2D eigenvalue weighted by Crippen LogP contribution is -2.45. The lowest BCUT2D eigenvalue weighted by molar-refractivity contribution is -0.136. The highest BCUT2D eigenvalue weighted by atomic mass is 16.2. The Kier molecular flexibility index (Phi) is 10.9. The highest BCUT2D eigenvalue weighted by molar-refractivity contribution is 5.84. The minimum absolute atomic E-state index is 0.0297. The summed E-state index contributed by atoms with van der Waals surface area (Å²) >= 11 is 0. The van der Waals surface area contributed by atoms with Gasteiger partial charge in [0, 0.05) is 26.1 Å². The molecule has 0 heterocycles. The largest absolute Gasteiger partial charge is 0.355 e. The fourth-order valence-corrected chi connectivity index (χ4v) is 3.09. The molecule has 0 aliphatic carbocycles. The predicted molar refractivity (Wildman–Crippen MR) is 110 cm³/mol. The first-order chi connectivity index (χ1) is 13.4. The topological polar surface area (TPSA) is 105 Å². The summed E-state index contributed by atoms with van der Waals surface area (Å²) in [7, 11) is 0. The van der Waals surface area contributed by atoms with Crippen molar-refractivity contribution >= 4 is 17.7 Å². The van der Waals surface area contributed by atoms with Crippen molar-refractivity contribution in [2.75, 3.05) is 19.6 Å². The maximum atomic E-state index is 12.4. The molecule has 0 aliphatic heterocycles. The molecule has 156 valence electrons. The molecule has 0 saturated carbocycles. The van der Waals surface area contributed by atoms with Crippen LogP contribution in [0.15, 0.2) is 24.3 Å². The van der Waals surface area contributed by atoms with E-state index in [1.807, 2.05) is 19.1 Å². The highest BCUT2D eigenvalue weighted by Gasteiger charge is 2.21. The summed E-state index contributed by atoms with van der Waals surface area (Å²) in [5.74, 6) is -0.490. The molecule has 1 aromatic carbocycles. The maximum Gasteiger partial charge on any atom is 0.239 e. The van der Waals surface area contributed by atoms with Gasteiger partial charge in [-0.2, -0.15) is 0 Å². The molecule has 3 amide bonds. The van der Waals surface area contributed by atoms with Crippen LogP contribution in [0.4, 0.5) is 0 Å². The number of carbonyl (C=O) groups is 3. The summed E-state index contributed by atoms with van der Waals surface area (Å²) in [6.07, 6.45) is 3.13. The Balaban J connectivity index is 2.54. The molecule has 0 aliphatic rings. The van der Waals surface area contributed by atoms with Crippen LogP contribution in [-0.4, -0.2) is 48.3 Å². The van der Waals surface area contributed by atoms with Crippen molar-refractivity contribution in [3.63, 3.8) is 0 Å². The molecule has 7 nitrogen and oxygen atoms in total. The molecule has 1 rings (SSSR count). The molecule has 4 N–H and O–H groups in total.